The lowest BCUT2D eigenvalue weighted by molar-refractivity contribution is 0.0666. The van der Waals surface area contributed by atoms with Crippen molar-refractivity contribution in [2.24, 2.45) is 5.73 Å². The molecule has 0 saturated carbocycles. The van der Waals surface area contributed by atoms with Gasteiger partial charge in [-0.25, -0.2) is 9.48 Å². The molecule has 0 unspecified atom stereocenters. The van der Waals surface area contributed by atoms with Gasteiger partial charge in [-0.1, -0.05) is 20.8 Å². The predicted octanol–water partition coefficient (Wildman–Crippen LogP) is 2.02. The minimum absolute atomic E-state index is 0.0650. The molecule has 0 aliphatic carbocycles. The van der Waals surface area contributed by atoms with Crippen molar-refractivity contribution in [1.29, 1.82) is 0 Å². The zero-order valence-corrected chi connectivity index (χ0v) is 11.8. The number of urea groups is 1. The zero-order chi connectivity index (χ0) is 14.0. The quantitative estimate of drug-likeness (QED) is 0.859. The summed E-state index contributed by atoms with van der Waals surface area (Å²) in [6.45, 7) is 7.74. The number of primary amides is 1. The standard InChI is InChI=1S/C13H22N4O2/c1-13(2,3)10-8-11(15-12(14)18)17(16-10)9-4-6-19-7-5-9/h8-9H,4-7H2,1-3H3,(H3,14,15,18). The molecule has 0 atom stereocenters. The highest BCUT2D eigenvalue weighted by molar-refractivity contribution is 5.86. The van der Waals surface area contributed by atoms with Crippen molar-refractivity contribution >= 4 is 11.8 Å². The molecule has 2 amide bonds. The van der Waals surface area contributed by atoms with E-state index in [9.17, 15) is 4.79 Å². The van der Waals surface area contributed by atoms with E-state index in [-0.39, 0.29) is 11.5 Å². The first kappa shape index (κ1) is 13.9. The molecule has 0 bridgehead atoms. The second kappa shape index (κ2) is 5.21. The van der Waals surface area contributed by atoms with E-state index in [0.29, 0.717) is 5.82 Å². The Kier molecular flexibility index (Phi) is 3.80. The second-order valence-electron chi connectivity index (χ2n) is 5.94. The van der Waals surface area contributed by atoms with Crippen molar-refractivity contribution in [3.8, 4) is 0 Å². The summed E-state index contributed by atoms with van der Waals surface area (Å²) < 4.78 is 7.25. The van der Waals surface area contributed by atoms with Crippen LogP contribution in [0.25, 0.3) is 0 Å². The van der Waals surface area contributed by atoms with Gasteiger partial charge in [-0.15, -0.1) is 0 Å². The molecule has 1 fully saturated rings. The van der Waals surface area contributed by atoms with Crippen LogP contribution < -0.4 is 11.1 Å². The molecule has 2 heterocycles. The van der Waals surface area contributed by atoms with E-state index < -0.39 is 6.03 Å². The van der Waals surface area contributed by atoms with Gasteiger partial charge in [-0.3, -0.25) is 5.32 Å². The van der Waals surface area contributed by atoms with E-state index in [2.05, 4.69) is 31.2 Å². The fourth-order valence-electron chi connectivity index (χ4n) is 2.19. The minimum atomic E-state index is -0.561. The summed E-state index contributed by atoms with van der Waals surface area (Å²) in [6, 6.07) is 1.60. The Labute approximate surface area is 113 Å². The first-order valence-electron chi connectivity index (χ1n) is 6.62. The molecule has 1 aromatic rings. The maximum absolute atomic E-state index is 11.1. The van der Waals surface area contributed by atoms with E-state index in [4.69, 9.17) is 10.5 Å². The first-order valence-corrected chi connectivity index (χ1v) is 6.62. The number of nitrogens with one attached hydrogen (secondary N) is 1. The van der Waals surface area contributed by atoms with Crippen LogP contribution in [0.2, 0.25) is 0 Å². The molecular weight excluding hydrogens is 244 g/mol. The number of ether oxygens (including phenoxy) is 1. The van der Waals surface area contributed by atoms with Crippen LogP contribution in [0.1, 0.15) is 45.3 Å². The van der Waals surface area contributed by atoms with Gasteiger partial charge >= 0.3 is 6.03 Å². The SMILES string of the molecule is CC(C)(C)c1cc(NC(N)=O)n(C2CCOCC2)n1. The number of carbonyl (C=O) groups excluding carboxylic acids is 1. The van der Waals surface area contributed by atoms with Gasteiger partial charge in [0.05, 0.1) is 11.7 Å². The summed E-state index contributed by atoms with van der Waals surface area (Å²) in [5.41, 5.74) is 6.11. The van der Waals surface area contributed by atoms with E-state index in [1.165, 1.54) is 0 Å². The van der Waals surface area contributed by atoms with Crippen LogP contribution in [-0.2, 0) is 10.2 Å². The Balaban J connectivity index is 2.32. The highest BCUT2D eigenvalue weighted by Gasteiger charge is 2.25. The number of carbonyl (C=O) groups is 1. The van der Waals surface area contributed by atoms with Crippen molar-refractivity contribution in [3.05, 3.63) is 11.8 Å². The monoisotopic (exact) mass is 266 g/mol. The maximum Gasteiger partial charge on any atom is 0.317 e. The maximum atomic E-state index is 11.1. The predicted molar refractivity (Wildman–Crippen MR) is 73.2 cm³/mol. The molecule has 1 saturated heterocycles. The molecule has 0 radical (unpaired) electrons. The van der Waals surface area contributed by atoms with Gasteiger partial charge in [0.2, 0.25) is 0 Å². The van der Waals surface area contributed by atoms with Crippen molar-refractivity contribution in [1.82, 2.24) is 9.78 Å². The number of hydrogen-bond acceptors (Lipinski definition) is 3. The average Bonchev–Trinajstić information content (AvgIpc) is 2.73. The van der Waals surface area contributed by atoms with Crippen molar-refractivity contribution < 1.29 is 9.53 Å². The molecule has 0 aromatic carbocycles. The van der Waals surface area contributed by atoms with Gasteiger partial charge in [0.1, 0.15) is 5.82 Å². The third-order valence-corrected chi connectivity index (χ3v) is 3.29. The molecule has 1 aliphatic heterocycles. The smallest absolute Gasteiger partial charge is 0.317 e. The van der Waals surface area contributed by atoms with Gasteiger partial charge in [0.15, 0.2) is 0 Å². The Bertz CT molecular complexity index is 456. The summed E-state index contributed by atoms with van der Waals surface area (Å²) in [7, 11) is 0. The van der Waals surface area contributed by atoms with Crippen molar-refractivity contribution in [2.75, 3.05) is 18.5 Å². The summed E-state index contributed by atoms with van der Waals surface area (Å²) in [5.74, 6) is 0.671. The Hall–Kier alpha value is -1.56. The van der Waals surface area contributed by atoms with Crippen LogP contribution in [0.4, 0.5) is 10.6 Å². The molecule has 19 heavy (non-hydrogen) atoms. The zero-order valence-electron chi connectivity index (χ0n) is 11.8. The molecule has 3 N–H and O–H groups in total. The molecule has 106 valence electrons. The third-order valence-electron chi connectivity index (χ3n) is 3.29. The highest BCUT2D eigenvalue weighted by Crippen LogP contribution is 2.29. The van der Waals surface area contributed by atoms with Crippen LogP contribution in [0.15, 0.2) is 6.07 Å². The molecule has 1 aromatic heterocycles. The normalized spacial score (nSPS) is 17.4. The summed E-state index contributed by atoms with van der Waals surface area (Å²) in [6.07, 6.45) is 1.80. The molecule has 6 heteroatoms. The number of anilines is 1. The van der Waals surface area contributed by atoms with Gasteiger partial charge in [0, 0.05) is 24.7 Å². The Morgan fingerprint density at radius 1 is 1.47 bits per heavy atom. The van der Waals surface area contributed by atoms with Gasteiger partial charge < -0.3 is 10.5 Å². The van der Waals surface area contributed by atoms with Crippen LogP contribution >= 0.6 is 0 Å². The highest BCUT2D eigenvalue weighted by atomic mass is 16.5. The molecule has 0 spiro atoms. The second-order valence-corrected chi connectivity index (χ2v) is 5.94. The lowest BCUT2D eigenvalue weighted by atomic mass is 9.92. The fraction of sp³-hybridized carbons (Fsp3) is 0.692. The van der Waals surface area contributed by atoms with Crippen molar-refractivity contribution in [3.63, 3.8) is 0 Å². The minimum Gasteiger partial charge on any atom is -0.381 e. The van der Waals surface area contributed by atoms with Crippen LogP contribution in [0.3, 0.4) is 0 Å². The topological polar surface area (TPSA) is 82.2 Å². The van der Waals surface area contributed by atoms with E-state index in [0.717, 1.165) is 31.7 Å². The summed E-state index contributed by atoms with van der Waals surface area (Å²) in [4.78, 5) is 11.1. The lowest BCUT2D eigenvalue weighted by Crippen LogP contribution is -2.26. The first-order chi connectivity index (χ1) is 8.88. The van der Waals surface area contributed by atoms with Crippen LogP contribution in [-0.4, -0.2) is 29.0 Å². The Morgan fingerprint density at radius 2 is 2.11 bits per heavy atom. The van der Waals surface area contributed by atoms with Crippen LogP contribution in [0, 0.1) is 0 Å². The largest absolute Gasteiger partial charge is 0.381 e. The van der Waals surface area contributed by atoms with Gasteiger partial charge in [-0.2, -0.15) is 5.10 Å². The number of hydrogen-bond donors (Lipinski definition) is 2. The summed E-state index contributed by atoms with van der Waals surface area (Å²) in [5, 5.41) is 7.31. The number of nitrogens with zero attached hydrogens (tertiary/aromatic N) is 2. The lowest BCUT2D eigenvalue weighted by Gasteiger charge is -2.24. The molecule has 2 rings (SSSR count). The number of aromatic nitrogens is 2. The van der Waals surface area contributed by atoms with Crippen molar-refractivity contribution in [2.45, 2.75) is 45.1 Å². The average molecular weight is 266 g/mol. The Morgan fingerprint density at radius 3 is 2.63 bits per heavy atom. The number of rotatable bonds is 2. The summed E-state index contributed by atoms with van der Waals surface area (Å²) >= 11 is 0. The molecule has 1 aliphatic rings. The molecular formula is C13H22N4O2. The fourth-order valence-corrected chi connectivity index (χ4v) is 2.19. The number of nitrogens with two attached hydrogens (primary N) is 1. The third kappa shape index (κ3) is 3.26. The van der Waals surface area contributed by atoms with Gasteiger partial charge in [0.25, 0.3) is 0 Å². The van der Waals surface area contributed by atoms with E-state index >= 15 is 0 Å². The van der Waals surface area contributed by atoms with E-state index in [1.807, 2.05) is 10.7 Å². The van der Waals surface area contributed by atoms with Crippen LogP contribution in [0.5, 0.6) is 0 Å². The van der Waals surface area contributed by atoms with Gasteiger partial charge in [-0.05, 0) is 12.8 Å². The van der Waals surface area contributed by atoms with E-state index in [1.54, 1.807) is 0 Å². The number of amides is 2. The molecule has 6 nitrogen and oxygen atoms in total.